The Labute approximate surface area is 124 Å². The predicted molar refractivity (Wildman–Crippen MR) is 79.9 cm³/mol. The van der Waals surface area contributed by atoms with Gasteiger partial charge in [0.25, 0.3) is 0 Å². The van der Waals surface area contributed by atoms with E-state index in [-0.39, 0.29) is 12.7 Å². The number of hydrogen-bond acceptors (Lipinski definition) is 4. The lowest BCUT2D eigenvalue weighted by Gasteiger charge is -2.27. The molecule has 0 saturated heterocycles. The zero-order chi connectivity index (χ0) is 14.7. The lowest BCUT2D eigenvalue weighted by molar-refractivity contribution is 0.101. The number of nitrogens with zero attached hydrogens (tertiary/aromatic N) is 2. The third kappa shape index (κ3) is 2.98. The fourth-order valence-corrected chi connectivity index (χ4v) is 2.91. The Morgan fingerprint density at radius 3 is 2.71 bits per heavy atom. The number of pyridine rings is 1. The minimum atomic E-state index is 0.132. The standard InChI is InChI=1S/C17H18N2O2/c18-10-13-9-17(19-16-4-2-1-3-15(13)16)21-14-7-5-12(11-20)6-8-14/h1-4,9,12,14,20H,5-8,11H2. The monoisotopic (exact) mass is 282 g/mol. The van der Waals surface area contributed by atoms with Gasteiger partial charge in [0.05, 0.1) is 11.1 Å². The van der Waals surface area contributed by atoms with Crippen LogP contribution in [0, 0.1) is 17.2 Å². The predicted octanol–water partition coefficient (Wildman–Crippen LogP) is 3.04. The van der Waals surface area contributed by atoms with Gasteiger partial charge in [-0.2, -0.15) is 5.26 Å². The number of benzene rings is 1. The van der Waals surface area contributed by atoms with Crippen molar-refractivity contribution in [2.24, 2.45) is 5.92 Å². The summed E-state index contributed by atoms with van der Waals surface area (Å²) in [5.74, 6) is 0.932. The van der Waals surface area contributed by atoms with Gasteiger partial charge >= 0.3 is 0 Å². The van der Waals surface area contributed by atoms with Crippen molar-refractivity contribution in [2.75, 3.05) is 6.61 Å². The van der Waals surface area contributed by atoms with E-state index in [1.807, 2.05) is 24.3 Å². The molecule has 108 valence electrons. The Bertz CT molecular complexity index is 670. The molecule has 1 aliphatic carbocycles. The van der Waals surface area contributed by atoms with E-state index in [9.17, 15) is 5.26 Å². The lowest BCUT2D eigenvalue weighted by Crippen LogP contribution is -2.25. The van der Waals surface area contributed by atoms with E-state index in [2.05, 4.69) is 11.1 Å². The maximum absolute atomic E-state index is 9.27. The lowest BCUT2D eigenvalue weighted by atomic mass is 9.88. The molecular weight excluding hydrogens is 264 g/mol. The van der Waals surface area contributed by atoms with E-state index in [1.165, 1.54) is 0 Å². The van der Waals surface area contributed by atoms with Gasteiger partial charge in [0.15, 0.2) is 0 Å². The molecule has 1 saturated carbocycles. The number of aliphatic hydroxyl groups excluding tert-OH is 1. The number of aromatic nitrogens is 1. The molecule has 1 aliphatic rings. The molecule has 1 aromatic carbocycles. The summed E-state index contributed by atoms with van der Waals surface area (Å²) >= 11 is 0. The van der Waals surface area contributed by atoms with Gasteiger partial charge in [-0.15, -0.1) is 0 Å². The van der Waals surface area contributed by atoms with Crippen LogP contribution < -0.4 is 4.74 Å². The summed E-state index contributed by atoms with van der Waals surface area (Å²) in [6, 6.07) is 11.5. The average molecular weight is 282 g/mol. The molecule has 1 heterocycles. The van der Waals surface area contributed by atoms with Crippen LogP contribution in [-0.4, -0.2) is 22.8 Å². The van der Waals surface area contributed by atoms with Crippen LogP contribution in [0.2, 0.25) is 0 Å². The van der Waals surface area contributed by atoms with Crippen LogP contribution in [0.1, 0.15) is 31.2 Å². The summed E-state index contributed by atoms with van der Waals surface area (Å²) in [7, 11) is 0. The Morgan fingerprint density at radius 1 is 1.24 bits per heavy atom. The average Bonchev–Trinajstić information content (AvgIpc) is 2.55. The van der Waals surface area contributed by atoms with Crippen molar-refractivity contribution < 1.29 is 9.84 Å². The Balaban J connectivity index is 1.80. The number of rotatable bonds is 3. The van der Waals surface area contributed by atoms with Crippen LogP contribution in [-0.2, 0) is 0 Å². The van der Waals surface area contributed by atoms with Crippen LogP contribution in [0.3, 0.4) is 0 Å². The SMILES string of the molecule is N#Cc1cc(OC2CCC(CO)CC2)nc2ccccc12. The number of fused-ring (bicyclic) bond motifs is 1. The van der Waals surface area contributed by atoms with E-state index in [0.717, 1.165) is 36.6 Å². The first-order valence-electron chi connectivity index (χ1n) is 7.37. The Morgan fingerprint density at radius 2 is 2.00 bits per heavy atom. The van der Waals surface area contributed by atoms with E-state index in [1.54, 1.807) is 6.07 Å². The fraction of sp³-hybridized carbons (Fsp3) is 0.412. The normalized spacial score (nSPS) is 21.9. The Kier molecular flexibility index (Phi) is 4.03. The van der Waals surface area contributed by atoms with Crippen molar-refractivity contribution in [3.8, 4) is 11.9 Å². The number of ether oxygens (including phenoxy) is 1. The molecule has 4 heteroatoms. The highest BCUT2D eigenvalue weighted by molar-refractivity contribution is 5.85. The molecule has 2 aromatic rings. The smallest absolute Gasteiger partial charge is 0.215 e. The molecule has 3 rings (SSSR count). The van der Waals surface area contributed by atoms with E-state index in [4.69, 9.17) is 9.84 Å². The van der Waals surface area contributed by atoms with Gasteiger partial charge in [-0.3, -0.25) is 0 Å². The molecular formula is C17H18N2O2. The zero-order valence-corrected chi connectivity index (χ0v) is 11.8. The summed E-state index contributed by atoms with van der Waals surface area (Å²) in [5.41, 5.74) is 1.38. The molecule has 1 aromatic heterocycles. The Hall–Kier alpha value is -2.12. The van der Waals surface area contributed by atoms with Crippen LogP contribution in [0.5, 0.6) is 5.88 Å². The number of hydrogen-bond donors (Lipinski definition) is 1. The van der Waals surface area contributed by atoms with Crippen molar-refractivity contribution in [1.29, 1.82) is 5.26 Å². The molecule has 0 atom stereocenters. The van der Waals surface area contributed by atoms with Crippen molar-refractivity contribution in [3.05, 3.63) is 35.9 Å². The topological polar surface area (TPSA) is 66.1 Å². The molecule has 0 unspecified atom stereocenters. The van der Waals surface area contributed by atoms with Crippen LogP contribution in [0.4, 0.5) is 0 Å². The minimum Gasteiger partial charge on any atom is -0.474 e. The molecule has 4 nitrogen and oxygen atoms in total. The van der Waals surface area contributed by atoms with Crippen LogP contribution in [0.15, 0.2) is 30.3 Å². The quantitative estimate of drug-likeness (QED) is 0.939. The number of para-hydroxylation sites is 1. The second kappa shape index (κ2) is 6.11. The molecule has 0 amide bonds. The van der Waals surface area contributed by atoms with Gasteiger partial charge in [0.2, 0.25) is 5.88 Å². The summed E-state index contributed by atoms with van der Waals surface area (Å²) < 4.78 is 5.95. The van der Waals surface area contributed by atoms with Crippen molar-refractivity contribution in [2.45, 2.75) is 31.8 Å². The maximum atomic E-state index is 9.27. The van der Waals surface area contributed by atoms with Crippen LogP contribution >= 0.6 is 0 Å². The molecule has 0 spiro atoms. The molecule has 21 heavy (non-hydrogen) atoms. The highest BCUT2D eigenvalue weighted by Gasteiger charge is 2.22. The largest absolute Gasteiger partial charge is 0.474 e. The summed E-state index contributed by atoms with van der Waals surface area (Å²) in [6.07, 6.45) is 3.97. The third-order valence-electron chi connectivity index (χ3n) is 4.15. The number of aliphatic hydroxyl groups is 1. The van der Waals surface area contributed by atoms with Gasteiger partial charge in [-0.25, -0.2) is 4.98 Å². The second-order valence-electron chi connectivity index (χ2n) is 5.58. The van der Waals surface area contributed by atoms with Gasteiger partial charge < -0.3 is 9.84 Å². The van der Waals surface area contributed by atoms with E-state index in [0.29, 0.717) is 17.4 Å². The van der Waals surface area contributed by atoms with Crippen molar-refractivity contribution in [3.63, 3.8) is 0 Å². The van der Waals surface area contributed by atoms with Crippen LogP contribution in [0.25, 0.3) is 10.9 Å². The van der Waals surface area contributed by atoms with E-state index < -0.39 is 0 Å². The third-order valence-corrected chi connectivity index (χ3v) is 4.15. The second-order valence-corrected chi connectivity index (χ2v) is 5.58. The van der Waals surface area contributed by atoms with Gasteiger partial charge in [-0.05, 0) is 37.7 Å². The summed E-state index contributed by atoms with van der Waals surface area (Å²) in [5, 5.41) is 19.3. The van der Waals surface area contributed by atoms with Gasteiger partial charge in [-0.1, -0.05) is 18.2 Å². The van der Waals surface area contributed by atoms with Crippen molar-refractivity contribution >= 4 is 10.9 Å². The molecule has 1 N–H and O–H groups in total. The molecule has 0 radical (unpaired) electrons. The van der Waals surface area contributed by atoms with Crippen molar-refractivity contribution in [1.82, 2.24) is 4.98 Å². The first kappa shape index (κ1) is 13.8. The zero-order valence-electron chi connectivity index (χ0n) is 11.8. The molecule has 1 fully saturated rings. The fourth-order valence-electron chi connectivity index (χ4n) is 2.91. The first-order valence-corrected chi connectivity index (χ1v) is 7.37. The molecule has 0 aliphatic heterocycles. The molecule has 0 bridgehead atoms. The minimum absolute atomic E-state index is 0.132. The van der Waals surface area contributed by atoms with Gasteiger partial charge in [0, 0.05) is 18.1 Å². The highest BCUT2D eigenvalue weighted by atomic mass is 16.5. The van der Waals surface area contributed by atoms with E-state index >= 15 is 0 Å². The summed E-state index contributed by atoms with van der Waals surface area (Å²) in [4.78, 5) is 4.49. The first-order chi connectivity index (χ1) is 10.3. The summed E-state index contributed by atoms with van der Waals surface area (Å²) in [6.45, 7) is 0.263. The van der Waals surface area contributed by atoms with Gasteiger partial charge in [0.1, 0.15) is 12.2 Å². The maximum Gasteiger partial charge on any atom is 0.215 e. The number of nitriles is 1. The highest BCUT2D eigenvalue weighted by Crippen LogP contribution is 2.28.